The first-order chi connectivity index (χ1) is 4.66. The SMILES string of the molecule is CNCCC(=O)C=C(C)C. The van der Waals surface area contributed by atoms with Gasteiger partial charge in [-0.3, -0.25) is 4.79 Å². The van der Waals surface area contributed by atoms with Gasteiger partial charge in [-0.25, -0.2) is 0 Å². The number of carbonyl (C=O) groups excluding carboxylic acids is 1. The molecule has 58 valence electrons. The number of hydrogen-bond donors (Lipinski definition) is 1. The molecule has 0 saturated carbocycles. The molecule has 0 saturated heterocycles. The molecule has 0 aromatic heterocycles. The summed E-state index contributed by atoms with van der Waals surface area (Å²) in [5.41, 5.74) is 1.07. The van der Waals surface area contributed by atoms with Crippen LogP contribution in [0.4, 0.5) is 0 Å². The Morgan fingerprint density at radius 2 is 2.10 bits per heavy atom. The number of allylic oxidation sites excluding steroid dienone is 2. The van der Waals surface area contributed by atoms with Crippen LogP contribution in [0, 0.1) is 0 Å². The molecule has 0 aromatic rings. The smallest absolute Gasteiger partial charge is 0.156 e. The zero-order chi connectivity index (χ0) is 7.98. The van der Waals surface area contributed by atoms with Gasteiger partial charge in [-0.15, -0.1) is 0 Å². The minimum absolute atomic E-state index is 0.203. The third kappa shape index (κ3) is 5.51. The van der Waals surface area contributed by atoms with E-state index in [1.54, 1.807) is 6.08 Å². The van der Waals surface area contributed by atoms with Crippen molar-refractivity contribution in [3.63, 3.8) is 0 Å². The highest BCUT2D eigenvalue weighted by molar-refractivity contribution is 5.90. The Balaban J connectivity index is 3.54. The lowest BCUT2D eigenvalue weighted by atomic mass is 10.2. The van der Waals surface area contributed by atoms with Gasteiger partial charge in [-0.2, -0.15) is 0 Å². The molecule has 0 amide bonds. The molecular formula is C8H15NO. The summed E-state index contributed by atoms with van der Waals surface area (Å²) in [4.78, 5) is 10.9. The molecule has 0 spiro atoms. The maximum absolute atomic E-state index is 10.9. The Kier molecular flexibility index (Phi) is 4.85. The third-order valence-electron chi connectivity index (χ3n) is 1.07. The Morgan fingerprint density at radius 3 is 2.50 bits per heavy atom. The second-order valence-electron chi connectivity index (χ2n) is 2.54. The monoisotopic (exact) mass is 141 g/mol. The average Bonchev–Trinajstić information content (AvgIpc) is 1.82. The Labute approximate surface area is 62.3 Å². The van der Waals surface area contributed by atoms with Gasteiger partial charge in [-0.05, 0) is 27.0 Å². The summed E-state index contributed by atoms with van der Waals surface area (Å²) in [6.45, 7) is 4.62. The van der Waals surface area contributed by atoms with Crippen molar-refractivity contribution >= 4 is 5.78 Å². The number of nitrogens with one attached hydrogen (secondary N) is 1. The van der Waals surface area contributed by atoms with E-state index in [0.29, 0.717) is 6.42 Å². The molecule has 2 heteroatoms. The molecule has 0 unspecified atom stereocenters. The van der Waals surface area contributed by atoms with Crippen molar-refractivity contribution in [1.29, 1.82) is 0 Å². The van der Waals surface area contributed by atoms with Gasteiger partial charge in [0.05, 0.1) is 0 Å². The van der Waals surface area contributed by atoms with Gasteiger partial charge in [0.15, 0.2) is 5.78 Å². The maximum Gasteiger partial charge on any atom is 0.156 e. The fraction of sp³-hybridized carbons (Fsp3) is 0.625. The van der Waals surface area contributed by atoms with Crippen molar-refractivity contribution in [2.24, 2.45) is 0 Å². The molecule has 0 radical (unpaired) electrons. The Morgan fingerprint density at radius 1 is 1.50 bits per heavy atom. The van der Waals surface area contributed by atoms with Crippen molar-refractivity contribution in [2.75, 3.05) is 13.6 Å². The van der Waals surface area contributed by atoms with E-state index in [2.05, 4.69) is 5.32 Å². The molecule has 0 atom stereocenters. The predicted octanol–water partition coefficient (Wildman–Crippen LogP) is 1.13. The highest BCUT2D eigenvalue weighted by Crippen LogP contribution is 1.91. The molecule has 0 heterocycles. The van der Waals surface area contributed by atoms with Crippen LogP contribution < -0.4 is 5.32 Å². The Hall–Kier alpha value is -0.630. The van der Waals surface area contributed by atoms with E-state index in [0.717, 1.165) is 12.1 Å². The number of carbonyl (C=O) groups is 1. The highest BCUT2D eigenvalue weighted by Gasteiger charge is 1.93. The first-order valence-corrected chi connectivity index (χ1v) is 3.49. The van der Waals surface area contributed by atoms with Gasteiger partial charge in [0.1, 0.15) is 0 Å². The van der Waals surface area contributed by atoms with E-state index in [9.17, 15) is 4.79 Å². The molecule has 0 rings (SSSR count). The number of ketones is 1. The molecule has 10 heavy (non-hydrogen) atoms. The lowest BCUT2D eigenvalue weighted by Gasteiger charge is -1.94. The molecule has 0 aliphatic heterocycles. The largest absolute Gasteiger partial charge is 0.319 e. The quantitative estimate of drug-likeness (QED) is 0.595. The topological polar surface area (TPSA) is 29.1 Å². The summed E-state index contributed by atoms with van der Waals surface area (Å²) in [6, 6.07) is 0. The third-order valence-corrected chi connectivity index (χ3v) is 1.07. The second-order valence-corrected chi connectivity index (χ2v) is 2.54. The average molecular weight is 141 g/mol. The van der Waals surface area contributed by atoms with Crippen LogP contribution in [0.2, 0.25) is 0 Å². The van der Waals surface area contributed by atoms with Crippen LogP contribution >= 0.6 is 0 Å². The summed E-state index contributed by atoms with van der Waals surface area (Å²) in [5.74, 6) is 0.203. The maximum atomic E-state index is 10.9. The number of hydrogen-bond acceptors (Lipinski definition) is 2. The fourth-order valence-corrected chi connectivity index (χ4v) is 0.642. The van der Waals surface area contributed by atoms with E-state index in [1.165, 1.54) is 0 Å². The molecular weight excluding hydrogens is 126 g/mol. The molecule has 2 nitrogen and oxygen atoms in total. The highest BCUT2D eigenvalue weighted by atomic mass is 16.1. The van der Waals surface area contributed by atoms with Gasteiger partial charge in [0, 0.05) is 13.0 Å². The minimum atomic E-state index is 0.203. The van der Waals surface area contributed by atoms with Gasteiger partial charge < -0.3 is 5.32 Å². The molecule has 0 aliphatic rings. The molecule has 1 N–H and O–H groups in total. The zero-order valence-electron chi connectivity index (χ0n) is 6.90. The fourth-order valence-electron chi connectivity index (χ4n) is 0.642. The van der Waals surface area contributed by atoms with Crippen LogP contribution in [0.25, 0.3) is 0 Å². The van der Waals surface area contributed by atoms with Crippen molar-refractivity contribution in [2.45, 2.75) is 20.3 Å². The minimum Gasteiger partial charge on any atom is -0.319 e. The zero-order valence-corrected chi connectivity index (χ0v) is 6.90. The van der Waals surface area contributed by atoms with Crippen LogP contribution in [0.3, 0.4) is 0 Å². The van der Waals surface area contributed by atoms with Crippen LogP contribution in [0.1, 0.15) is 20.3 Å². The van der Waals surface area contributed by atoms with Gasteiger partial charge in [-0.1, -0.05) is 5.57 Å². The van der Waals surface area contributed by atoms with Crippen molar-refractivity contribution in [3.05, 3.63) is 11.6 Å². The van der Waals surface area contributed by atoms with Crippen LogP contribution in [0.5, 0.6) is 0 Å². The van der Waals surface area contributed by atoms with E-state index in [4.69, 9.17) is 0 Å². The summed E-state index contributed by atoms with van der Waals surface area (Å²) in [6.07, 6.45) is 2.28. The van der Waals surface area contributed by atoms with E-state index in [-0.39, 0.29) is 5.78 Å². The molecule has 0 aromatic carbocycles. The van der Waals surface area contributed by atoms with Gasteiger partial charge >= 0.3 is 0 Å². The lowest BCUT2D eigenvalue weighted by Crippen LogP contribution is -2.11. The summed E-state index contributed by atoms with van der Waals surface area (Å²) in [5, 5.41) is 2.92. The van der Waals surface area contributed by atoms with E-state index < -0.39 is 0 Å². The van der Waals surface area contributed by atoms with Gasteiger partial charge in [0.25, 0.3) is 0 Å². The van der Waals surface area contributed by atoms with Crippen LogP contribution in [-0.4, -0.2) is 19.4 Å². The lowest BCUT2D eigenvalue weighted by molar-refractivity contribution is -0.114. The first kappa shape index (κ1) is 9.37. The normalized spacial score (nSPS) is 9.10. The summed E-state index contributed by atoms with van der Waals surface area (Å²) in [7, 11) is 1.84. The predicted molar refractivity (Wildman–Crippen MR) is 43.0 cm³/mol. The summed E-state index contributed by atoms with van der Waals surface area (Å²) >= 11 is 0. The first-order valence-electron chi connectivity index (χ1n) is 3.49. The second kappa shape index (κ2) is 5.18. The number of rotatable bonds is 4. The van der Waals surface area contributed by atoms with Crippen molar-refractivity contribution in [3.8, 4) is 0 Å². The van der Waals surface area contributed by atoms with Crippen molar-refractivity contribution < 1.29 is 4.79 Å². The van der Waals surface area contributed by atoms with E-state index >= 15 is 0 Å². The standard InChI is InChI=1S/C8H15NO/c1-7(2)6-8(10)4-5-9-3/h6,9H,4-5H2,1-3H3. The molecule has 0 fully saturated rings. The van der Waals surface area contributed by atoms with Crippen molar-refractivity contribution in [1.82, 2.24) is 5.32 Å². The Bertz CT molecular complexity index is 134. The van der Waals surface area contributed by atoms with Crippen LogP contribution in [0.15, 0.2) is 11.6 Å². The van der Waals surface area contributed by atoms with Crippen LogP contribution in [-0.2, 0) is 4.79 Å². The molecule has 0 bridgehead atoms. The molecule has 0 aliphatic carbocycles. The summed E-state index contributed by atoms with van der Waals surface area (Å²) < 4.78 is 0. The van der Waals surface area contributed by atoms with E-state index in [1.807, 2.05) is 20.9 Å². The van der Waals surface area contributed by atoms with Gasteiger partial charge in [0.2, 0.25) is 0 Å².